The molecule has 2 aliphatic rings. The minimum Gasteiger partial charge on any atom is -0.390 e. The van der Waals surface area contributed by atoms with Gasteiger partial charge in [0.15, 0.2) is 0 Å². The number of hydrogen-bond donors (Lipinski definition) is 2. The second kappa shape index (κ2) is 7.39. The Hall–Kier alpha value is -2.84. The highest BCUT2D eigenvalue weighted by Crippen LogP contribution is 2.41. The number of anilines is 2. The fourth-order valence-corrected chi connectivity index (χ4v) is 4.83. The lowest BCUT2D eigenvalue weighted by Crippen LogP contribution is -2.71. The summed E-state index contributed by atoms with van der Waals surface area (Å²) in [5.41, 5.74) is 3.71. The predicted octanol–water partition coefficient (Wildman–Crippen LogP) is 3.08. The van der Waals surface area contributed by atoms with Crippen molar-refractivity contribution in [1.82, 2.24) is 15.1 Å². The van der Waals surface area contributed by atoms with Crippen LogP contribution in [0, 0.1) is 5.41 Å². The Bertz CT molecular complexity index is 1110. The second-order valence-corrected chi connectivity index (χ2v) is 8.90. The van der Waals surface area contributed by atoms with Crippen LogP contribution in [-0.2, 0) is 12.5 Å². The monoisotopic (exact) mass is 425 g/mol. The summed E-state index contributed by atoms with van der Waals surface area (Å²) in [6.45, 7) is 3.60. The lowest BCUT2D eigenvalue weighted by molar-refractivity contribution is -0.0556. The third-order valence-electron chi connectivity index (χ3n) is 6.28. The molecule has 0 amide bonds. The number of nitrogens with zero attached hydrogens (tertiary/aromatic N) is 4. The van der Waals surface area contributed by atoms with Gasteiger partial charge in [-0.1, -0.05) is 18.2 Å². The second-order valence-electron chi connectivity index (χ2n) is 8.90. The van der Waals surface area contributed by atoms with E-state index in [0.717, 1.165) is 48.5 Å². The van der Waals surface area contributed by atoms with E-state index in [2.05, 4.69) is 44.5 Å². The molecule has 0 radical (unpaired) electrons. The molecule has 5 rings (SSSR count). The van der Waals surface area contributed by atoms with E-state index < -0.39 is 12.5 Å². The molecule has 0 aliphatic carbocycles. The van der Waals surface area contributed by atoms with Crippen LogP contribution in [0.15, 0.2) is 48.7 Å². The number of halogens is 2. The van der Waals surface area contributed by atoms with Gasteiger partial charge in [0.25, 0.3) is 5.92 Å². The van der Waals surface area contributed by atoms with Gasteiger partial charge in [-0.2, -0.15) is 19.0 Å². The van der Waals surface area contributed by atoms with Crippen LogP contribution in [0.3, 0.4) is 0 Å². The summed E-state index contributed by atoms with van der Waals surface area (Å²) >= 11 is 0. The van der Waals surface area contributed by atoms with Crippen molar-refractivity contribution in [3.8, 4) is 0 Å². The summed E-state index contributed by atoms with van der Waals surface area (Å²) in [4.78, 5) is 4.73. The first-order valence-electron chi connectivity index (χ1n) is 10.4. The Morgan fingerprint density at radius 3 is 2.68 bits per heavy atom. The third-order valence-corrected chi connectivity index (χ3v) is 6.28. The van der Waals surface area contributed by atoms with E-state index in [1.165, 1.54) is 12.1 Å². The number of likely N-dealkylation sites (tertiary alicyclic amines) is 1. The van der Waals surface area contributed by atoms with E-state index in [9.17, 15) is 8.78 Å². The van der Waals surface area contributed by atoms with Gasteiger partial charge >= 0.3 is 0 Å². The van der Waals surface area contributed by atoms with Crippen LogP contribution in [-0.4, -0.2) is 60.0 Å². The number of benzene rings is 2. The molecule has 3 aromatic rings. The van der Waals surface area contributed by atoms with Crippen molar-refractivity contribution < 1.29 is 13.9 Å². The summed E-state index contributed by atoms with van der Waals surface area (Å²) in [5, 5.41) is 21.5. The van der Waals surface area contributed by atoms with Crippen molar-refractivity contribution in [3.63, 3.8) is 0 Å². The van der Waals surface area contributed by atoms with E-state index >= 15 is 0 Å². The Balaban J connectivity index is 1.34. The summed E-state index contributed by atoms with van der Waals surface area (Å²) in [6, 6.07) is 12.3. The van der Waals surface area contributed by atoms with Gasteiger partial charge in [0.05, 0.1) is 17.4 Å². The fourth-order valence-electron chi connectivity index (χ4n) is 4.83. The molecule has 31 heavy (non-hydrogen) atoms. The molecule has 2 N–H and O–H groups in total. The van der Waals surface area contributed by atoms with Gasteiger partial charge in [-0.05, 0) is 36.9 Å². The molecular weight excluding hydrogens is 400 g/mol. The van der Waals surface area contributed by atoms with Crippen LogP contribution in [0.25, 0.3) is 10.9 Å². The van der Waals surface area contributed by atoms with Crippen LogP contribution in [0.2, 0.25) is 0 Å². The molecule has 0 bridgehead atoms. The number of rotatable bonds is 6. The number of nitrogens with one attached hydrogen (secondary N) is 1. The molecule has 0 atom stereocenters. The minimum atomic E-state index is -3.25. The van der Waals surface area contributed by atoms with Crippen molar-refractivity contribution in [3.05, 3.63) is 59.8 Å². The molecule has 3 heterocycles. The van der Waals surface area contributed by atoms with Gasteiger partial charge in [-0.3, -0.25) is 0 Å². The van der Waals surface area contributed by atoms with Gasteiger partial charge < -0.3 is 20.2 Å². The highest BCUT2D eigenvalue weighted by Gasteiger charge is 2.50. The van der Waals surface area contributed by atoms with Crippen LogP contribution in [0.1, 0.15) is 11.1 Å². The van der Waals surface area contributed by atoms with Crippen LogP contribution < -0.4 is 10.2 Å². The summed E-state index contributed by atoms with van der Waals surface area (Å²) in [7, 11) is 2.15. The normalized spacial score (nSPS) is 18.1. The summed E-state index contributed by atoms with van der Waals surface area (Å²) in [5.74, 6) is -3.25. The zero-order valence-electron chi connectivity index (χ0n) is 17.4. The van der Waals surface area contributed by atoms with Gasteiger partial charge in [-0.25, -0.2) is 0 Å². The first-order valence-corrected chi connectivity index (χ1v) is 10.4. The Kier molecular flexibility index (Phi) is 4.79. The maximum atomic E-state index is 13.8. The van der Waals surface area contributed by atoms with E-state index in [-0.39, 0.29) is 5.56 Å². The number of aliphatic hydroxyl groups excluding tert-OH is 1. The number of aromatic nitrogens is 2. The van der Waals surface area contributed by atoms with Gasteiger partial charge in [-0.15, -0.1) is 0 Å². The summed E-state index contributed by atoms with van der Waals surface area (Å²) < 4.78 is 27.6. The highest BCUT2D eigenvalue weighted by atomic mass is 19.3. The smallest absolute Gasteiger partial charge is 0.295 e. The predicted molar refractivity (Wildman–Crippen MR) is 116 cm³/mol. The maximum Gasteiger partial charge on any atom is 0.295 e. The molecular formula is C23H25F2N5O. The van der Waals surface area contributed by atoms with E-state index in [1.54, 1.807) is 18.3 Å². The molecule has 6 nitrogen and oxygen atoms in total. The average molecular weight is 425 g/mol. The van der Waals surface area contributed by atoms with Crippen LogP contribution >= 0.6 is 0 Å². The zero-order chi connectivity index (χ0) is 21.6. The largest absolute Gasteiger partial charge is 0.390 e. The Morgan fingerprint density at radius 1 is 1.13 bits per heavy atom. The van der Waals surface area contributed by atoms with E-state index in [1.807, 2.05) is 6.07 Å². The molecule has 162 valence electrons. The number of aliphatic hydroxyl groups is 1. The number of hydrogen-bond acceptors (Lipinski definition) is 6. The first-order chi connectivity index (χ1) is 14.9. The van der Waals surface area contributed by atoms with Crippen molar-refractivity contribution in [2.75, 3.05) is 50.1 Å². The molecule has 1 aromatic heterocycles. The third kappa shape index (κ3) is 3.70. The van der Waals surface area contributed by atoms with Gasteiger partial charge in [0.1, 0.15) is 6.61 Å². The molecule has 2 aliphatic heterocycles. The SMILES string of the molecule is CN1CC2(C1)CN(c1ccc3nncc(NCc4cccc(C(F)(F)CO)c4)c3c1)C2. The fraction of sp³-hybridized carbons (Fsp3) is 0.391. The van der Waals surface area contributed by atoms with Crippen molar-refractivity contribution in [2.45, 2.75) is 12.5 Å². The molecule has 8 heteroatoms. The first kappa shape index (κ1) is 20.1. The Morgan fingerprint density at radius 2 is 1.94 bits per heavy atom. The average Bonchev–Trinajstić information content (AvgIpc) is 2.73. The number of alkyl halides is 2. The van der Waals surface area contributed by atoms with Crippen molar-refractivity contribution in [2.24, 2.45) is 5.41 Å². The topological polar surface area (TPSA) is 64.5 Å². The van der Waals surface area contributed by atoms with Crippen LogP contribution in [0.5, 0.6) is 0 Å². The lowest BCUT2D eigenvalue weighted by atomic mass is 9.73. The molecule has 2 saturated heterocycles. The molecule has 0 unspecified atom stereocenters. The van der Waals surface area contributed by atoms with E-state index in [0.29, 0.717) is 17.5 Å². The number of fused-ring (bicyclic) bond motifs is 1. The van der Waals surface area contributed by atoms with Gasteiger partial charge in [0, 0.05) is 54.8 Å². The van der Waals surface area contributed by atoms with Crippen molar-refractivity contribution >= 4 is 22.3 Å². The molecule has 2 fully saturated rings. The van der Waals surface area contributed by atoms with Gasteiger partial charge in [0.2, 0.25) is 0 Å². The minimum absolute atomic E-state index is 0.192. The molecule has 1 spiro atoms. The van der Waals surface area contributed by atoms with E-state index in [4.69, 9.17) is 5.11 Å². The highest BCUT2D eigenvalue weighted by molar-refractivity contribution is 5.93. The lowest BCUT2D eigenvalue weighted by Gasteiger charge is -2.60. The Labute approximate surface area is 179 Å². The summed E-state index contributed by atoms with van der Waals surface area (Å²) in [6.07, 6.45) is 1.66. The molecule has 0 saturated carbocycles. The quantitative estimate of drug-likeness (QED) is 0.633. The molecule has 2 aromatic carbocycles. The maximum absolute atomic E-state index is 13.8. The standard InChI is InChI=1S/C23H25F2N5O/c1-29-11-22(12-29)13-30(14-22)18-5-6-20-19(8-18)21(10-27-28-20)26-9-16-3-2-4-17(7-16)23(24,25)15-31/h2-8,10,31H,9,11-15H2,1H3,(H,26,28). The zero-order valence-corrected chi connectivity index (χ0v) is 17.4. The van der Waals surface area contributed by atoms with Crippen molar-refractivity contribution in [1.29, 1.82) is 0 Å². The van der Waals surface area contributed by atoms with Crippen LogP contribution in [0.4, 0.5) is 20.2 Å².